The molecular formula is C28H45N5O3. The van der Waals surface area contributed by atoms with Crippen LogP contribution in [0.1, 0.15) is 110 Å². The Labute approximate surface area is 216 Å². The highest BCUT2D eigenvalue weighted by molar-refractivity contribution is 5.75. The quantitative estimate of drug-likeness (QED) is 0.629. The fourth-order valence-electron chi connectivity index (χ4n) is 7.12. The summed E-state index contributed by atoms with van der Waals surface area (Å²) < 4.78 is 7.80. The minimum absolute atomic E-state index is 0.0441. The highest BCUT2D eigenvalue weighted by atomic mass is 16.6. The smallest absolute Gasteiger partial charge is 0.411 e. The van der Waals surface area contributed by atoms with Crippen molar-refractivity contribution in [2.45, 2.75) is 128 Å². The second-order valence-corrected chi connectivity index (χ2v) is 12.0. The number of rotatable bonds is 4. The maximum absolute atomic E-state index is 13.2. The van der Waals surface area contributed by atoms with E-state index in [1.807, 2.05) is 29.8 Å². The van der Waals surface area contributed by atoms with Crippen molar-refractivity contribution >= 4 is 12.0 Å². The van der Waals surface area contributed by atoms with Gasteiger partial charge in [0, 0.05) is 37.3 Å². The molecule has 1 N–H and O–H groups in total. The summed E-state index contributed by atoms with van der Waals surface area (Å²) in [6, 6.07) is 0.546. The molecule has 8 heteroatoms. The number of piperazine rings is 1. The molecule has 0 aromatic carbocycles. The third-order valence-electron chi connectivity index (χ3n) is 8.88. The van der Waals surface area contributed by atoms with Crippen molar-refractivity contribution in [3.63, 3.8) is 0 Å². The number of fused-ring (bicyclic) bond motifs is 1. The summed E-state index contributed by atoms with van der Waals surface area (Å²) in [6.45, 7) is 7.98. The van der Waals surface area contributed by atoms with Crippen LogP contribution in [-0.4, -0.2) is 62.5 Å². The predicted molar refractivity (Wildman–Crippen MR) is 138 cm³/mol. The molecule has 1 aromatic rings. The highest BCUT2D eigenvalue weighted by Crippen LogP contribution is 2.45. The number of nitrogens with one attached hydrogen (secondary N) is 1. The molecular weight excluding hydrogens is 454 g/mol. The van der Waals surface area contributed by atoms with E-state index in [9.17, 15) is 9.59 Å². The molecule has 4 aliphatic rings. The number of aromatic nitrogens is 2. The molecule has 3 heterocycles. The molecule has 2 aliphatic heterocycles. The summed E-state index contributed by atoms with van der Waals surface area (Å²) in [4.78, 5) is 30.0. The molecule has 2 aliphatic carbocycles. The Kier molecular flexibility index (Phi) is 7.61. The van der Waals surface area contributed by atoms with Crippen molar-refractivity contribution in [1.29, 1.82) is 0 Å². The molecule has 1 aromatic heterocycles. The Morgan fingerprint density at radius 3 is 2.42 bits per heavy atom. The van der Waals surface area contributed by atoms with Crippen LogP contribution in [0, 0.1) is 11.8 Å². The van der Waals surface area contributed by atoms with Gasteiger partial charge in [0.2, 0.25) is 5.91 Å². The van der Waals surface area contributed by atoms with Gasteiger partial charge in [-0.25, -0.2) is 4.79 Å². The lowest BCUT2D eigenvalue weighted by Gasteiger charge is -2.56. The molecule has 0 spiro atoms. The van der Waals surface area contributed by atoms with Crippen LogP contribution in [-0.2, 0) is 9.53 Å². The van der Waals surface area contributed by atoms with Crippen LogP contribution in [0.5, 0.6) is 0 Å². The van der Waals surface area contributed by atoms with E-state index in [1.54, 1.807) is 6.92 Å². The fraction of sp³-hybridized carbons (Fsp3) is 0.821. The summed E-state index contributed by atoms with van der Waals surface area (Å²) in [6.07, 6.45) is 15.9. The molecule has 0 radical (unpaired) electrons. The second kappa shape index (κ2) is 10.7. The molecule has 8 nitrogen and oxygen atoms in total. The molecule has 200 valence electrons. The number of carbonyl (C=O) groups excluding carboxylic acids is 2. The van der Waals surface area contributed by atoms with Crippen LogP contribution in [0.3, 0.4) is 0 Å². The van der Waals surface area contributed by atoms with Gasteiger partial charge in [-0.1, -0.05) is 44.9 Å². The van der Waals surface area contributed by atoms with E-state index >= 15 is 0 Å². The lowest BCUT2D eigenvalue weighted by Crippen LogP contribution is -2.72. The van der Waals surface area contributed by atoms with Crippen LogP contribution in [0.2, 0.25) is 0 Å². The Bertz CT molecular complexity index is 920. The third kappa shape index (κ3) is 5.29. The number of hydrogen-bond donors (Lipinski definition) is 1. The molecule has 2 amide bonds. The Morgan fingerprint density at radius 1 is 1.08 bits per heavy atom. The molecule has 4 unspecified atom stereocenters. The van der Waals surface area contributed by atoms with Gasteiger partial charge in [-0.2, -0.15) is 5.10 Å². The van der Waals surface area contributed by atoms with Crippen molar-refractivity contribution in [2.75, 3.05) is 6.54 Å². The maximum atomic E-state index is 13.2. The average Bonchev–Trinajstić information content (AvgIpc) is 3.53. The Morgan fingerprint density at radius 2 is 1.78 bits per heavy atom. The standard InChI is InChI=1S/C28H45N5O3/c1-18(2)36-28(35)31-16-19(3)33(20(4)34)25-14-24(21-10-8-6-5-7-9-11-21)26(30-27(25)31)22-15-29-32(17-22)23-12-13-23/h15,17-19,21,23-27,30H,5-14,16H2,1-4H3/t19-,24?,25?,26?,27?/m0/s1. The van der Waals surface area contributed by atoms with Gasteiger partial charge in [0.15, 0.2) is 0 Å². The minimum atomic E-state index is -0.292. The van der Waals surface area contributed by atoms with Crippen LogP contribution in [0.4, 0.5) is 4.79 Å². The normalized spacial score (nSPS) is 32.1. The summed E-state index contributed by atoms with van der Waals surface area (Å²) in [5.74, 6) is 1.10. The zero-order valence-corrected chi connectivity index (χ0v) is 22.6. The van der Waals surface area contributed by atoms with Crippen molar-refractivity contribution < 1.29 is 14.3 Å². The summed E-state index contributed by atoms with van der Waals surface area (Å²) in [5.41, 5.74) is 1.22. The Balaban J connectivity index is 1.49. The fourth-order valence-corrected chi connectivity index (χ4v) is 7.12. The molecule has 2 saturated carbocycles. The predicted octanol–water partition coefficient (Wildman–Crippen LogP) is 5.02. The van der Waals surface area contributed by atoms with E-state index in [2.05, 4.69) is 23.1 Å². The van der Waals surface area contributed by atoms with Gasteiger partial charge in [0.05, 0.1) is 24.4 Å². The van der Waals surface area contributed by atoms with Gasteiger partial charge in [0.1, 0.15) is 6.17 Å². The number of hydrogen-bond acceptors (Lipinski definition) is 5. The zero-order valence-electron chi connectivity index (χ0n) is 22.6. The zero-order chi connectivity index (χ0) is 25.4. The van der Waals surface area contributed by atoms with Crippen molar-refractivity contribution in [3.8, 4) is 0 Å². The van der Waals surface area contributed by atoms with E-state index < -0.39 is 0 Å². The van der Waals surface area contributed by atoms with E-state index in [0.29, 0.717) is 24.4 Å². The monoisotopic (exact) mass is 499 g/mol. The average molecular weight is 500 g/mol. The lowest BCUT2D eigenvalue weighted by atomic mass is 9.70. The largest absolute Gasteiger partial charge is 0.447 e. The van der Waals surface area contributed by atoms with Gasteiger partial charge in [-0.15, -0.1) is 0 Å². The van der Waals surface area contributed by atoms with Crippen LogP contribution < -0.4 is 5.32 Å². The maximum Gasteiger partial charge on any atom is 0.411 e. The van der Waals surface area contributed by atoms with E-state index in [1.165, 1.54) is 63.4 Å². The van der Waals surface area contributed by atoms with Crippen molar-refractivity contribution in [2.24, 2.45) is 11.8 Å². The van der Waals surface area contributed by atoms with Crippen LogP contribution in [0.15, 0.2) is 12.4 Å². The summed E-state index contributed by atoms with van der Waals surface area (Å²) in [5, 5.41) is 8.64. The van der Waals surface area contributed by atoms with E-state index in [4.69, 9.17) is 9.84 Å². The first-order valence-electron chi connectivity index (χ1n) is 14.4. The van der Waals surface area contributed by atoms with Crippen LogP contribution in [0.25, 0.3) is 0 Å². The highest BCUT2D eigenvalue weighted by Gasteiger charge is 2.51. The summed E-state index contributed by atoms with van der Waals surface area (Å²) in [7, 11) is 0. The van der Waals surface area contributed by atoms with Gasteiger partial charge >= 0.3 is 6.09 Å². The molecule has 36 heavy (non-hydrogen) atoms. The topological polar surface area (TPSA) is 79.7 Å². The lowest BCUT2D eigenvalue weighted by molar-refractivity contribution is -0.145. The third-order valence-corrected chi connectivity index (χ3v) is 8.88. The molecule has 4 fully saturated rings. The van der Waals surface area contributed by atoms with Crippen molar-refractivity contribution in [3.05, 3.63) is 18.0 Å². The van der Waals surface area contributed by atoms with Crippen LogP contribution >= 0.6 is 0 Å². The number of piperidine rings is 1. The number of nitrogens with zero attached hydrogens (tertiary/aromatic N) is 4. The number of amides is 2. The Hall–Kier alpha value is -2.09. The van der Waals surface area contributed by atoms with Gasteiger partial charge in [-0.05, 0) is 51.9 Å². The first-order chi connectivity index (χ1) is 17.3. The summed E-state index contributed by atoms with van der Waals surface area (Å²) >= 11 is 0. The number of carbonyl (C=O) groups is 2. The second-order valence-electron chi connectivity index (χ2n) is 12.0. The minimum Gasteiger partial charge on any atom is -0.447 e. The van der Waals surface area contributed by atoms with Crippen molar-refractivity contribution in [1.82, 2.24) is 24.9 Å². The van der Waals surface area contributed by atoms with Gasteiger partial charge < -0.3 is 9.64 Å². The first kappa shape index (κ1) is 25.6. The number of ether oxygens (including phenoxy) is 1. The molecule has 5 atom stereocenters. The molecule has 5 rings (SSSR count). The molecule has 2 saturated heterocycles. The van der Waals surface area contributed by atoms with Gasteiger partial charge in [0.25, 0.3) is 0 Å². The molecule has 0 bridgehead atoms. The first-order valence-corrected chi connectivity index (χ1v) is 14.4. The van der Waals surface area contributed by atoms with E-state index in [0.717, 1.165) is 6.42 Å². The van der Waals surface area contributed by atoms with E-state index in [-0.39, 0.29) is 42.4 Å². The SMILES string of the molecule is CC(=O)N1C2CC(C3CCCCCCC3)C(c3cnn(C4CC4)c3)NC2N(C(=O)OC(C)C)C[C@@H]1C. The van der Waals surface area contributed by atoms with Gasteiger partial charge in [-0.3, -0.25) is 19.7 Å².